The first kappa shape index (κ1) is 18.3. The summed E-state index contributed by atoms with van der Waals surface area (Å²) in [6.07, 6.45) is -2.81. The minimum atomic E-state index is -4.38. The molecule has 0 atom stereocenters. The Morgan fingerprint density at radius 3 is 2.42 bits per heavy atom. The number of H-pyrrole nitrogens is 1. The van der Waals surface area contributed by atoms with Crippen LogP contribution in [0.4, 0.5) is 13.2 Å². The summed E-state index contributed by atoms with van der Waals surface area (Å²) >= 11 is 0. The van der Waals surface area contributed by atoms with E-state index in [1.807, 2.05) is 32.0 Å². The third kappa shape index (κ3) is 2.92. The van der Waals surface area contributed by atoms with Gasteiger partial charge in [0.2, 0.25) is 0 Å². The number of halogens is 4. The van der Waals surface area contributed by atoms with Crippen LogP contribution in [0.5, 0.6) is 0 Å². The van der Waals surface area contributed by atoms with Crippen LogP contribution < -0.4 is 0 Å². The van der Waals surface area contributed by atoms with E-state index in [1.54, 1.807) is 6.20 Å². The molecule has 134 valence electrons. The smallest absolute Gasteiger partial charge is 0.358 e. The fourth-order valence-corrected chi connectivity index (χ4v) is 3.33. The van der Waals surface area contributed by atoms with Gasteiger partial charge in [-0.25, -0.2) is 0 Å². The number of pyridine rings is 1. The minimum absolute atomic E-state index is 0. The molecule has 1 N–H and O–H groups in total. The highest BCUT2D eigenvalue weighted by Gasteiger charge is 2.30. The number of hydrogen-bond donors (Lipinski definition) is 1. The number of rotatable bonds is 1. The maximum absolute atomic E-state index is 13.0. The molecule has 4 aromatic rings. The summed E-state index contributed by atoms with van der Waals surface area (Å²) in [5, 5.41) is 1.77. The topological polar surface area (TPSA) is 28.7 Å². The molecule has 26 heavy (non-hydrogen) atoms. The van der Waals surface area contributed by atoms with Crippen molar-refractivity contribution < 1.29 is 13.2 Å². The van der Waals surface area contributed by atoms with Crippen LogP contribution in [-0.4, -0.2) is 9.97 Å². The number of fused-ring (bicyclic) bond motifs is 2. The van der Waals surface area contributed by atoms with Gasteiger partial charge in [0.15, 0.2) is 0 Å². The zero-order chi connectivity index (χ0) is 17.8. The molecule has 0 unspecified atom stereocenters. The highest BCUT2D eigenvalue weighted by atomic mass is 35.5. The van der Waals surface area contributed by atoms with Crippen molar-refractivity contribution >= 4 is 34.2 Å². The van der Waals surface area contributed by atoms with E-state index in [0.717, 1.165) is 45.4 Å². The maximum Gasteiger partial charge on any atom is 0.416 e. The Kier molecular flexibility index (Phi) is 4.44. The predicted molar refractivity (Wildman–Crippen MR) is 101 cm³/mol. The molecule has 2 heterocycles. The molecule has 0 saturated carbocycles. The lowest BCUT2D eigenvalue weighted by Crippen LogP contribution is -2.04. The number of hydrogen-bond acceptors (Lipinski definition) is 1. The molecule has 0 radical (unpaired) electrons. The van der Waals surface area contributed by atoms with Crippen molar-refractivity contribution in [2.24, 2.45) is 0 Å². The van der Waals surface area contributed by atoms with Gasteiger partial charge in [-0.05, 0) is 49.7 Å². The maximum atomic E-state index is 13.0. The summed E-state index contributed by atoms with van der Waals surface area (Å²) in [6.45, 7) is 3.99. The number of aryl methyl sites for hydroxylation is 2. The van der Waals surface area contributed by atoms with E-state index < -0.39 is 11.7 Å². The summed E-state index contributed by atoms with van der Waals surface area (Å²) < 4.78 is 38.9. The Bertz CT molecular complexity index is 1110. The van der Waals surface area contributed by atoms with E-state index in [9.17, 15) is 13.2 Å². The van der Waals surface area contributed by atoms with Crippen molar-refractivity contribution in [3.8, 4) is 11.1 Å². The molecular formula is C20H16ClF3N2. The molecule has 0 aliphatic carbocycles. The molecule has 4 rings (SSSR count). The number of aromatic amines is 1. The Labute approximate surface area is 154 Å². The molecule has 0 amide bonds. The highest BCUT2D eigenvalue weighted by molar-refractivity contribution is 6.05. The van der Waals surface area contributed by atoms with E-state index in [2.05, 4.69) is 16.0 Å². The minimum Gasteiger partial charge on any atom is -0.358 e. The van der Waals surface area contributed by atoms with Crippen LogP contribution in [0.25, 0.3) is 32.9 Å². The van der Waals surface area contributed by atoms with Crippen LogP contribution in [0.2, 0.25) is 0 Å². The highest BCUT2D eigenvalue weighted by Crippen LogP contribution is 2.38. The second kappa shape index (κ2) is 6.32. The van der Waals surface area contributed by atoms with Gasteiger partial charge in [0, 0.05) is 33.7 Å². The van der Waals surface area contributed by atoms with Crippen LogP contribution >= 0.6 is 12.4 Å². The van der Waals surface area contributed by atoms with E-state index >= 15 is 0 Å². The SMILES string of the molecule is Cc1ccc2[nH]c(C)c(-c3ccnc4cc(C(F)(F)F)ccc34)c2c1.Cl. The summed E-state index contributed by atoms with van der Waals surface area (Å²) in [4.78, 5) is 7.50. The number of alkyl halides is 3. The molecule has 0 bridgehead atoms. The van der Waals surface area contributed by atoms with Crippen molar-refractivity contribution in [1.29, 1.82) is 0 Å². The van der Waals surface area contributed by atoms with Crippen molar-refractivity contribution in [1.82, 2.24) is 9.97 Å². The lowest BCUT2D eigenvalue weighted by Gasteiger charge is -2.10. The van der Waals surface area contributed by atoms with Gasteiger partial charge in [-0.2, -0.15) is 13.2 Å². The van der Waals surface area contributed by atoms with Gasteiger partial charge in [-0.1, -0.05) is 17.7 Å². The van der Waals surface area contributed by atoms with Gasteiger partial charge in [0.1, 0.15) is 0 Å². The Balaban J connectivity index is 0.00000196. The van der Waals surface area contributed by atoms with Crippen molar-refractivity contribution in [2.75, 3.05) is 0 Å². The van der Waals surface area contributed by atoms with E-state index in [-0.39, 0.29) is 12.4 Å². The van der Waals surface area contributed by atoms with Gasteiger partial charge < -0.3 is 4.98 Å². The zero-order valence-electron chi connectivity index (χ0n) is 14.1. The largest absolute Gasteiger partial charge is 0.416 e. The Hall–Kier alpha value is -2.53. The average Bonchev–Trinajstić information content (AvgIpc) is 2.88. The molecule has 0 aliphatic rings. The van der Waals surface area contributed by atoms with E-state index in [4.69, 9.17) is 0 Å². The molecule has 2 aromatic carbocycles. The third-order valence-corrected chi connectivity index (χ3v) is 4.48. The molecule has 0 spiro atoms. The molecule has 0 aliphatic heterocycles. The molecular weight excluding hydrogens is 361 g/mol. The second-order valence-electron chi connectivity index (χ2n) is 6.26. The van der Waals surface area contributed by atoms with Gasteiger partial charge in [0.25, 0.3) is 0 Å². The predicted octanol–water partition coefficient (Wildman–Crippen LogP) is 6.44. The van der Waals surface area contributed by atoms with E-state index in [0.29, 0.717) is 10.9 Å². The number of benzene rings is 2. The number of aromatic nitrogens is 2. The Morgan fingerprint density at radius 2 is 1.69 bits per heavy atom. The summed E-state index contributed by atoms with van der Waals surface area (Å²) in [5.74, 6) is 0. The second-order valence-corrected chi connectivity index (χ2v) is 6.26. The van der Waals surface area contributed by atoms with Gasteiger partial charge in [-0.15, -0.1) is 12.4 Å². The molecule has 0 saturated heterocycles. The first-order valence-corrected chi connectivity index (χ1v) is 7.90. The summed E-state index contributed by atoms with van der Waals surface area (Å²) in [5.41, 5.74) is 4.66. The van der Waals surface area contributed by atoms with Crippen LogP contribution in [-0.2, 0) is 6.18 Å². The van der Waals surface area contributed by atoms with Crippen LogP contribution in [0, 0.1) is 13.8 Å². The van der Waals surface area contributed by atoms with Crippen molar-refractivity contribution in [3.05, 3.63) is 65.5 Å². The standard InChI is InChI=1S/C20H15F3N2.ClH/c1-11-3-6-17-16(9-11)19(12(2)25-17)15-7-8-24-18-10-13(20(21,22)23)4-5-14(15)18;/h3-10,25H,1-2H3;1H. The number of nitrogens with zero attached hydrogens (tertiary/aromatic N) is 1. The summed E-state index contributed by atoms with van der Waals surface area (Å²) in [6, 6.07) is 11.7. The first-order valence-electron chi connectivity index (χ1n) is 7.90. The Morgan fingerprint density at radius 1 is 0.923 bits per heavy atom. The number of nitrogens with one attached hydrogen (secondary N) is 1. The van der Waals surface area contributed by atoms with E-state index in [1.165, 1.54) is 6.07 Å². The molecule has 2 aromatic heterocycles. The van der Waals surface area contributed by atoms with Crippen LogP contribution in [0.1, 0.15) is 16.8 Å². The fourth-order valence-electron chi connectivity index (χ4n) is 3.33. The van der Waals surface area contributed by atoms with Gasteiger partial charge in [-0.3, -0.25) is 4.98 Å². The zero-order valence-corrected chi connectivity index (χ0v) is 14.9. The van der Waals surface area contributed by atoms with Crippen LogP contribution in [0.15, 0.2) is 48.7 Å². The molecule has 2 nitrogen and oxygen atoms in total. The fraction of sp³-hybridized carbons (Fsp3) is 0.150. The lowest BCUT2D eigenvalue weighted by atomic mass is 9.97. The third-order valence-electron chi connectivity index (χ3n) is 4.48. The van der Waals surface area contributed by atoms with Gasteiger partial charge >= 0.3 is 6.18 Å². The summed E-state index contributed by atoms with van der Waals surface area (Å²) in [7, 11) is 0. The average molecular weight is 377 g/mol. The van der Waals surface area contributed by atoms with Crippen molar-refractivity contribution in [2.45, 2.75) is 20.0 Å². The monoisotopic (exact) mass is 376 g/mol. The molecule has 6 heteroatoms. The molecule has 0 fully saturated rings. The van der Waals surface area contributed by atoms with Crippen LogP contribution in [0.3, 0.4) is 0 Å². The van der Waals surface area contributed by atoms with Crippen molar-refractivity contribution in [3.63, 3.8) is 0 Å². The first-order chi connectivity index (χ1) is 11.8. The normalized spacial score (nSPS) is 11.7. The lowest BCUT2D eigenvalue weighted by molar-refractivity contribution is -0.137. The quantitative estimate of drug-likeness (QED) is 0.407. The van der Waals surface area contributed by atoms with Gasteiger partial charge in [0.05, 0.1) is 11.1 Å².